The standard InChI is InChI=1S/C14H23NO3/c1-5-10(8-16)14(15)11-7-13(18-4)12(17-3)6-9(11)2/h6-7,10,14,16H,5,8,15H2,1-4H3. The summed E-state index contributed by atoms with van der Waals surface area (Å²) in [6, 6.07) is 3.62. The van der Waals surface area contributed by atoms with Gasteiger partial charge in [0.25, 0.3) is 0 Å². The first-order valence-corrected chi connectivity index (χ1v) is 6.17. The molecule has 3 N–H and O–H groups in total. The average molecular weight is 253 g/mol. The number of aliphatic hydroxyl groups excluding tert-OH is 1. The molecule has 2 atom stereocenters. The van der Waals surface area contributed by atoms with E-state index in [1.807, 2.05) is 26.0 Å². The molecular formula is C14H23NO3. The first kappa shape index (κ1) is 14.8. The second kappa shape index (κ2) is 6.61. The largest absolute Gasteiger partial charge is 0.493 e. The van der Waals surface area contributed by atoms with Crippen LogP contribution in [-0.4, -0.2) is 25.9 Å². The second-order valence-corrected chi connectivity index (χ2v) is 4.44. The Morgan fingerprint density at radius 1 is 1.22 bits per heavy atom. The van der Waals surface area contributed by atoms with E-state index < -0.39 is 0 Å². The van der Waals surface area contributed by atoms with Gasteiger partial charge >= 0.3 is 0 Å². The van der Waals surface area contributed by atoms with E-state index in [9.17, 15) is 5.11 Å². The van der Waals surface area contributed by atoms with E-state index in [2.05, 4.69) is 0 Å². The Kier molecular flexibility index (Phi) is 5.44. The minimum Gasteiger partial charge on any atom is -0.493 e. The maximum Gasteiger partial charge on any atom is 0.161 e. The molecule has 0 heterocycles. The van der Waals surface area contributed by atoms with E-state index in [0.717, 1.165) is 17.5 Å². The molecule has 4 nitrogen and oxygen atoms in total. The minimum atomic E-state index is -0.195. The van der Waals surface area contributed by atoms with E-state index in [-0.39, 0.29) is 18.6 Å². The van der Waals surface area contributed by atoms with E-state index in [1.54, 1.807) is 14.2 Å². The quantitative estimate of drug-likeness (QED) is 0.814. The smallest absolute Gasteiger partial charge is 0.161 e. The fourth-order valence-electron chi connectivity index (χ4n) is 2.11. The Morgan fingerprint density at radius 2 is 1.78 bits per heavy atom. The zero-order chi connectivity index (χ0) is 13.7. The molecule has 1 aromatic rings. The predicted molar refractivity (Wildman–Crippen MR) is 72.1 cm³/mol. The van der Waals surface area contributed by atoms with Crippen molar-refractivity contribution < 1.29 is 14.6 Å². The molecule has 0 aliphatic heterocycles. The summed E-state index contributed by atoms with van der Waals surface area (Å²) in [7, 11) is 3.21. The first-order valence-electron chi connectivity index (χ1n) is 6.17. The lowest BCUT2D eigenvalue weighted by molar-refractivity contribution is 0.200. The van der Waals surface area contributed by atoms with Crippen LogP contribution in [-0.2, 0) is 0 Å². The molecular weight excluding hydrogens is 230 g/mol. The lowest BCUT2D eigenvalue weighted by atomic mass is 9.89. The third-order valence-electron chi connectivity index (χ3n) is 3.40. The molecule has 0 radical (unpaired) electrons. The van der Waals surface area contributed by atoms with Crippen LogP contribution in [0.25, 0.3) is 0 Å². The van der Waals surface area contributed by atoms with Gasteiger partial charge in [0, 0.05) is 18.6 Å². The Morgan fingerprint density at radius 3 is 2.22 bits per heavy atom. The molecule has 0 fully saturated rings. The van der Waals surface area contributed by atoms with Crippen LogP contribution in [0.2, 0.25) is 0 Å². The van der Waals surface area contributed by atoms with Crippen molar-refractivity contribution in [3.8, 4) is 11.5 Å². The Labute approximate surface area is 109 Å². The summed E-state index contributed by atoms with van der Waals surface area (Å²) in [6.07, 6.45) is 0.839. The number of aliphatic hydroxyl groups is 1. The van der Waals surface area contributed by atoms with Gasteiger partial charge in [0.1, 0.15) is 0 Å². The van der Waals surface area contributed by atoms with E-state index in [0.29, 0.717) is 11.5 Å². The van der Waals surface area contributed by atoms with Crippen molar-refractivity contribution in [1.82, 2.24) is 0 Å². The molecule has 0 saturated heterocycles. The Bertz CT molecular complexity index is 389. The van der Waals surface area contributed by atoms with Crippen LogP contribution in [0.15, 0.2) is 12.1 Å². The first-order chi connectivity index (χ1) is 8.58. The second-order valence-electron chi connectivity index (χ2n) is 4.44. The third-order valence-corrected chi connectivity index (χ3v) is 3.40. The maximum absolute atomic E-state index is 9.34. The van der Waals surface area contributed by atoms with Gasteiger partial charge in [0.15, 0.2) is 11.5 Å². The lowest BCUT2D eigenvalue weighted by Gasteiger charge is -2.23. The highest BCUT2D eigenvalue weighted by atomic mass is 16.5. The molecule has 0 saturated carbocycles. The SMILES string of the molecule is CCC(CO)C(N)c1cc(OC)c(OC)cc1C. The molecule has 0 bridgehead atoms. The monoisotopic (exact) mass is 253 g/mol. The number of methoxy groups -OCH3 is 2. The van der Waals surface area contributed by atoms with Crippen molar-refractivity contribution in [3.63, 3.8) is 0 Å². The predicted octanol–water partition coefficient (Wildman–Crippen LogP) is 2.03. The third kappa shape index (κ3) is 2.94. The molecule has 0 spiro atoms. The molecule has 1 rings (SSSR count). The summed E-state index contributed by atoms with van der Waals surface area (Å²) in [6.45, 7) is 4.10. The van der Waals surface area contributed by atoms with Gasteiger partial charge < -0.3 is 20.3 Å². The average Bonchev–Trinajstić information content (AvgIpc) is 2.39. The maximum atomic E-state index is 9.34. The van der Waals surface area contributed by atoms with Crippen LogP contribution in [0.1, 0.15) is 30.5 Å². The van der Waals surface area contributed by atoms with Crippen LogP contribution >= 0.6 is 0 Å². The summed E-state index contributed by atoms with van der Waals surface area (Å²) >= 11 is 0. The van der Waals surface area contributed by atoms with Gasteiger partial charge in [-0.15, -0.1) is 0 Å². The van der Waals surface area contributed by atoms with E-state index >= 15 is 0 Å². The highest BCUT2D eigenvalue weighted by molar-refractivity contribution is 5.48. The van der Waals surface area contributed by atoms with Crippen molar-refractivity contribution in [2.24, 2.45) is 11.7 Å². The van der Waals surface area contributed by atoms with Gasteiger partial charge in [-0.25, -0.2) is 0 Å². The summed E-state index contributed by atoms with van der Waals surface area (Å²) in [5, 5.41) is 9.34. The molecule has 4 heteroatoms. The normalized spacial score (nSPS) is 14.1. The van der Waals surface area contributed by atoms with Gasteiger partial charge in [0.05, 0.1) is 14.2 Å². The van der Waals surface area contributed by atoms with E-state index in [1.165, 1.54) is 0 Å². The van der Waals surface area contributed by atoms with Crippen LogP contribution in [0.5, 0.6) is 11.5 Å². The molecule has 0 aliphatic carbocycles. The number of rotatable bonds is 6. The van der Waals surface area contributed by atoms with E-state index in [4.69, 9.17) is 15.2 Å². The molecule has 2 unspecified atom stereocenters. The highest BCUT2D eigenvalue weighted by Crippen LogP contribution is 2.34. The molecule has 0 aliphatic rings. The topological polar surface area (TPSA) is 64.7 Å². The van der Waals surface area contributed by atoms with Gasteiger partial charge in [-0.05, 0) is 36.6 Å². The number of nitrogens with two attached hydrogens (primary N) is 1. The van der Waals surface area contributed by atoms with Crippen molar-refractivity contribution in [2.75, 3.05) is 20.8 Å². The van der Waals surface area contributed by atoms with Gasteiger partial charge in [-0.3, -0.25) is 0 Å². The van der Waals surface area contributed by atoms with Crippen molar-refractivity contribution >= 4 is 0 Å². The number of hydrogen-bond donors (Lipinski definition) is 2. The summed E-state index contributed by atoms with van der Waals surface area (Å²) in [4.78, 5) is 0. The molecule has 1 aromatic carbocycles. The molecule has 102 valence electrons. The van der Waals surface area contributed by atoms with Crippen molar-refractivity contribution in [3.05, 3.63) is 23.3 Å². The van der Waals surface area contributed by atoms with Crippen LogP contribution in [0, 0.1) is 12.8 Å². The molecule has 0 aromatic heterocycles. The Hall–Kier alpha value is -1.26. The number of hydrogen-bond acceptors (Lipinski definition) is 4. The highest BCUT2D eigenvalue weighted by Gasteiger charge is 2.20. The summed E-state index contributed by atoms with van der Waals surface area (Å²) in [5.74, 6) is 1.42. The van der Waals surface area contributed by atoms with Crippen LogP contribution < -0.4 is 15.2 Å². The minimum absolute atomic E-state index is 0.0572. The number of benzene rings is 1. The number of ether oxygens (including phenoxy) is 2. The summed E-state index contributed by atoms with van der Waals surface area (Å²) < 4.78 is 10.5. The fourth-order valence-corrected chi connectivity index (χ4v) is 2.11. The van der Waals surface area contributed by atoms with Crippen molar-refractivity contribution in [2.45, 2.75) is 26.3 Å². The van der Waals surface area contributed by atoms with Gasteiger partial charge in [-0.2, -0.15) is 0 Å². The lowest BCUT2D eigenvalue weighted by Crippen LogP contribution is -2.24. The van der Waals surface area contributed by atoms with Crippen LogP contribution in [0.3, 0.4) is 0 Å². The van der Waals surface area contributed by atoms with Crippen LogP contribution in [0.4, 0.5) is 0 Å². The van der Waals surface area contributed by atoms with Gasteiger partial charge in [-0.1, -0.05) is 6.92 Å². The fraction of sp³-hybridized carbons (Fsp3) is 0.571. The van der Waals surface area contributed by atoms with Gasteiger partial charge in [0.2, 0.25) is 0 Å². The van der Waals surface area contributed by atoms with Crippen molar-refractivity contribution in [1.29, 1.82) is 0 Å². The Balaban J connectivity index is 3.16. The number of aryl methyl sites for hydroxylation is 1. The molecule has 0 amide bonds. The summed E-state index contributed by atoms with van der Waals surface area (Å²) in [5.41, 5.74) is 8.26. The molecule has 18 heavy (non-hydrogen) atoms. The zero-order valence-electron chi connectivity index (χ0n) is 11.6. The zero-order valence-corrected chi connectivity index (χ0v) is 11.6.